The lowest BCUT2D eigenvalue weighted by atomic mass is 9.76. The summed E-state index contributed by atoms with van der Waals surface area (Å²) >= 11 is 0. The zero-order valence-corrected chi connectivity index (χ0v) is 16.6. The maximum Gasteiger partial charge on any atom is 0.246 e. The lowest BCUT2D eigenvalue weighted by Crippen LogP contribution is -2.40. The van der Waals surface area contributed by atoms with Crippen molar-refractivity contribution < 1.29 is 13.2 Å². The number of fused-ring (bicyclic) bond motifs is 1. The first-order valence-electron chi connectivity index (χ1n) is 9.33. The Balaban J connectivity index is 1.51. The smallest absolute Gasteiger partial charge is 0.246 e. The van der Waals surface area contributed by atoms with Gasteiger partial charge in [0.1, 0.15) is 6.54 Å². The van der Waals surface area contributed by atoms with Crippen molar-refractivity contribution in [3.63, 3.8) is 0 Å². The largest absolute Gasteiger partial charge is 0.340 e. The van der Waals surface area contributed by atoms with Gasteiger partial charge in [-0.3, -0.25) is 4.79 Å². The van der Waals surface area contributed by atoms with Gasteiger partial charge in [-0.2, -0.15) is 4.80 Å². The molecule has 150 valence electrons. The highest BCUT2D eigenvalue weighted by Crippen LogP contribution is 2.46. The average Bonchev–Trinajstić information content (AvgIpc) is 3.34. The predicted octanol–water partition coefficient (Wildman–Crippen LogP) is 0.0259. The van der Waals surface area contributed by atoms with E-state index in [2.05, 4.69) is 27.5 Å². The maximum atomic E-state index is 12.7. The Morgan fingerprint density at radius 1 is 1.21 bits per heavy atom. The van der Waals surface area contributed by atoms with Crippen molar-refractivity contribution in [1.82, 2.24) is 29.4 Å². The number of aromatic nitrogens is 4. The summed E-state index contributed by atoms with van der Waals surface area (Å²) in [5.41, 5.74) is 1.01. The minimum absolute atomic E-state index is 0.0529. The Hall–Kier alpha value is -2.33. The second-order valence-electron chi connectivity index (χ2n) is 7.84. The molecule has 2 aliphatic heterocycles. The molecule has 2 atom stereocenters. The van der Waals surface area contributed by atoms with Gasteiger partial charge in [0.25, 0.3) is 0 Å². The molecule has 28 heavy (non-hydrogen) atoms. The Bertz CT molecular complexity index is 933. The van der Waals surface area contributed by atoms with E-state index in [0.717, 1.165) is 12.8 Å². The van der Waals surface area contributed by atoms with Crippen molar-refractivity contribution in [1.29, 1.82) is 0 Å². The van der Waals surface area contributed by atoms with Gasteiger partial charge in [0.15, 0.2) is 6.33 Å². The molecule has 1 aromatic heterocycles. The monoisotopic (exact) mass is 404 g/mol. The van der Waals surface area contributed by atoms with Gasteiger partial charge in [0.2, 0.25) is 15.9 Å². The first-order valence-corrected chi connectivity index (χ1v) is 11.2. The van der Waals surface area contributed by atoms with E-state index in [1.165, 1.54) is 22.9 Å². The van der Waals surface area contributed by atoms with Crippen molar-refractivity contribution in [3.05, 3.63) is 42.2 Å². The van der Waals surface area contributed by atoms with Gasteiger partial charge in [-0.15, -0.1) is 10.2 Å². The van der Waals surface area contributed by atoms with Crippen molar-refractivity contribution in [2.75, 3.05) is 32.4 Å². The van der Waals surface area contributed by atoms with Crippen LogP contribution >= 0.6 is 0 Å². The summed E-state index contributed by atoms with van der Waals surface area (Å²) < 4.78 is 25.8. The fraction of sp³-hybridized carbons (Fsp3) is 0.556. The second kappa shape index (κ2) is 7.25. The molecule has 1 amide bonds. The summed E-state index contributed by atoms with van der Waals surface area (Å²) in [7, 11) is -3.25. The Kier molecular flexibility index (Phi) is 4.92. The quantitative estimate of drug-likeness (QED) is 0.673. The van der Waals surface area contributed by atoms with Crippen LogP contribution in [0.2, 0.25) is 0 Å². The molecule has 1 aromatic carbocycles. The molecule has 0 saturated carbocycles. The molecule has 0 spiro atoms. The number of nitrogens with zero attached hydrogens (tertiary/aromatic N) is 6. The molecule has 0 radical (unpaired) electrons. The van der Waals surface area contributed by atoms with E-state index >= 15 is 0 Å². The van der Waals surface area contributed by atoms with Gasteiger partial charge in [-0.25, -0.2) is 12.7 Å². The number of carbonyl (C=O) groups is 1. The standard InChI is InChI=1S/C18H24N6O3S/c1-28(26,27)23-10-16-9-22(17(25)11-24-20-14-19-21-24)12-18(16,13-23)8-7-15-5-3-2-4-6-15/h2-6,14,16H,7-13H2,1H3. The molecule has 2 saturated heterocycles. The van der Waals surface area contributed by atoms with Gasteiger partial charge in [-0.05, 0) is 29.5 Å². The molecule has 4 rings (SSSR count). The molecule has 2 fully saturated rings. The number of rotatable bonds is 6. The van der Waals surface area contributed by atoms with Gasteiger partial charge in [0, 0.05) is 31.6 Å². The van der Waals surface area contributed by atoms with Crippen molar-refractivity contribution in [3.8, 4) is 0 Å². The van der Waals surface area contributed by atoms with Gasteiger partial charge < -0.3 is 4.90 Å². The molecular formula is C18H24N6O3S. The third-order valence-electron chi connectivity index (χ3n) is 5.97. The third-order valence-corrected chi connectivity index (χ3v) is 7.19. The summed E-state index contributed by atoms with van der Waals surface area (Å²) in [5.74, 6) is 0.0796. The van der Waals surface area contributed by atoms with Crippen LogP contribution in [0.1, 0.15) is 12.0 Å². The minimum atomic E-state index is -3.25. The van der Waals surface area contributed by atoms with Crippen molar-refractivity contribution >= 4 is 15.9 Å². The predicted molar refractivity (Wildman–Crippen MR) is 101 cm³/mol. The molecule has 2 aliphatic rings. The van der Waals surface area contributed by atoms with E-state index in [0.29, 0.717) is 26.2 Å². The van der Waals surface area contributed by atoms with E-state index < -0.39 is 10.0 Å². The van der Waals surface area contributed by atoms with E-state index in [-0.39, 0.29) is 23.8 Å². The summed E-state index contributed by atoms with van der Waals surface area (Å²) in [6.45, 7) is 2.11. The lowest BCUT2D eigenvalue weighted by molar-refractivity contribution is -0.131. The second-order valence-corrected chi connectivity index (χ2v) is 9.82. The van der Waals surface area contributed by atoms with Gasteiger partial charge >= 0.3 is 0 Å². The van der Waals surface area contributed by atoms with Crippen LogP contribution in [0.25, 0.3) is 0 Å². The minimum Gasteiger partial charge on any atom is -0.340 e. The first kappa shape index (κ1) is 19.0. The number of carbonyl (C=O) groups excluding carboxylic acids is 1. The molecule has 9 nitrogen and oxygen atoms in total. The summed E-state index contributed by atoms with van der Waals surface area (Å²) in [6, 6.07) is 10.2. The van der Waals surface area contributed by atoms with E-state index in [1.54, 1.807) is 4.31 Å². The zero-order chi connectivity index (χ0) is 19.8. The summed E-state index contributed by atoms with van der Waals surface area (Å²) in [4.78, 5) is 15.8. The van der Waals surface area contributed by atoms with Crippen molar-refractivity contribution in [2.45, 2.75) is 19.4 Å². The number of amides is 1. The summed E-state index contributed by atoms with van der Waals surface area (Å²) in [5, 5.41) is 11.3. The number of aryl methyl sites for hydroxylation is 1. The number of sulfonamides is 1. The van der Waals surface area contributed by atoms with E-state index in [9.17, 15) is 13.2 Å². The maximum absolute atomic E-state index is 12.7. The zero-order valence-electron chi connectivity index (χ0n) is 15.8. The number of benzene rings is 1. The Labute approximate surface area is 164 Å². The highest BCUT2D eigenvalue weighted by Gasteiger charge is 2.54. The number of likely N-dealkylation sites (tertiary alicyclic amines) is 1. The molecule has 2 unspecified atom stereocenters. The fourth-order valence-corrected chi connectivity index (χ4v) is 5.39. The van der Waals surface area contributed by atoms with Crippen LogP contribution in [0.15, 0.2) is 36.7 Å². The van der Waals surface area contributed by atoms with E-state index in [4.69, 9.17) is 0 Å². The first-order chi connectivity index (χ1) is 13.4. The van der Waals surface area contributed by atoms with Crippen LogP contribution in [-0.2, 0) is 27.8 Å². The van der Waals surface area contributed by atoms with Crippen LogP contribution in [0.3, 0.4) is 0 Å². The molecule has 3 heterocycles. The molecule has 10 heteroatoms. The molecular weight excluding hydrogens is 380 g/mol. The van der Waals surface area contributed by atoms with Crippen LogP contribution in [0, 0.1) is 11.3 Å². The average molecular weight is 404 g/mol. The van der Waals surface area contributed by atoms with Crippen LogP contribution in [0.5, 0.6) is 0 Å². The summed E-state index contributed by atoms with van der Waals surface area (Å²) in [6.07, 6.45) is 4.27. The Morgan fingerprint density at radius 2 is 2.00 bits per heavy atom. The van der Waals surface area contributed by atoms with E-state index in [1.807, 2.05) is 23.1 Å². The number of hydrogen-bond donors (Lipinski definition) is 0. The van der Waals surface area contributed by atoms with Crippen molar-refractivity contribution in [2.24, 2.45) is 11.3 Å². The van der Waals surface area contributed by atoms with Gasteiger partial charge in [-0.1, -0.05) is 30.3 Å². The van der Waals surface area contributed by atoms with Gasteiger partial charge in [0.05, 0.1) is 6.26 Å². The lowest BCUT2D eigenvalue weighted by Gasteiger charge is -2.29. The highest BCUT2D eigenvalue weighted by atomic mass is 32.2. The van der Waals surface area contributed by atoms with Crippen LogP contribution < -0.4 is 0 Å². The van der Waals surface area contributed by atoms with Crippen LogP contribution in [-0.4, -0.2) is 76.2 Å². The number of hydrogen-bond acceptors (Lipinski definition) is 6. The fourth-order valence-electron chi connectivity index (χ4n) is 4.45. The Morgan fingerprint density at radius 3 is 2.68 bits per heavy atom. The molecule has 0 N–H and O–H groups in total. The normalized spacial score (nSPS) is 25.2. The highest BCUT2D eigenvalue weighted by molar-refractivity contribution is 7.88. The SMILES string of the molecule is CS(=O)(=O)N1CC2CN(C(=O)Cn3ncnn3)CC2(CCc2ccccc2)C1. The molecule has 0 aliphatic carbocycles. The molecule has 2 aromatic rings. The number of tetrazole rings is 1. The third kappa shape index (κ3) is 3.79. The topological polar surface area (TPSA) is 101 Å². The van der Waals surface area contributed by atoms with Crippen LogP contribution in [0.4, 0.5) is 0 Å². The molecule has 0 bridgehead atoms.